The minimum atomic E-state index is -0.501. The third kappa shape index (κ3) is 3.18. The van der Waals surface area contributed by atoms with E-state index in [2.05, 4.69) is 0 Å². The van der Waals surface area contributed by atoms with Crippen molar-refractivity contribution in [3.05, 3.63) is 29.6 Å². The van der Waals surface area contributed by atoms with Crippen molar-refractivity contribution in [2.24, 2.45) is 0 Å². The van der Waals surface area contributed by atoms with E-state index in [4.69, 9.17) is 11.0 Å². The summed E-state index contributed by atoms with van der Waals surface area (Å²) in [5.41, 5.74) is 6.02. The highest BCUT2D eigenvalue weighted by Gasteiger charge is 2.16. The summed E-state index contributed by atoms with van der Waals surface area (Å²) in [5, 5.41) is 8.49. The number of halogens is 1. The maximum atomic E-state index is 13.0. The lowest BCUT2D eigenvalue weighted by Gasteiger charge is -2.20. The molecule has 0 aliphatic heterocycles. The van der Waals surface area contributed by atoms with Crippen LogP contribution in [0.25, 0.3) is 0 Å². The second-order valence-corrected chi connectivity index (χ2v) is 3.52. The Morgan fingerprint density at radius 2 is 2.29 bits per heavy atom. The monoisotopic (exact) mass is 235 g/mol. The number of carbonyl (C=O) groups is 1. The van der Waals surface area contributed by atoms with Crippen molar-refractivity contribution < 1.29 is 9.18 Å². The molecule has 0 fully saturated rings. The summed E-state index contributed by atoms with van der Waals surface area (Å²) in [5.74, 6) is -0.848. The summed E-state index contributed by atoms with van der Waals surface area (Å²) >= 11 is 0. The molecule has 0 saturated heterocycles. The van der Waals surface area contributed by atoms with Crippen LogP contribution in [-0.4, -0.2) is 23.9 Å². The number of nitrogens with two attached hydrogens (primary N) is 1. The number of rotatable bonds is 4. The van der Waals surface area contributed by atoms with E-state index in [-0.39, 0.29) is 23.6 Å². The average Bonchev–Trinajstić information content (AvgIpc) is 2.33. The molecule has 1 rings (SSSR count). The number of nitrogens with zero attached hydrogens (tertiary/aromatic N) is 2. The molecule has 17 heavy (non-hydrogen) atoms. The van der Waals surface area contributed by atoms with Crippen LogP contribution in [0.4, 0.5) is 10.1 Å². The van der Waals surface area contributed by atoms with Crippen LogP contribution in [0, 0.1) is 17.1 Å². The maximum Gasteiger partial charge on any atom is 0.256 e. The molecule has 0 spiro atoms. The zero-order valence-corrected chi connectivity index (χ0v) is 9.61. The van der Waals surface area contributed by atoms with E-state index in [0.29, 0.717) is 13.1 Å². The third-order valence-corrected chi connectivity index (χ3v) is 2.41. The summed E-state index contributed by atoms with van der Waals surface area (Å²) in [6.45, 7) is 2.57. The van der Waals surface area contributed by atoms with Crippen molar-refractivity contribution in [3.8, 4) is 6.07 Å². The number of carbonyl (C=O) groups excluding carboxylic acids is 1. The van der Waals surface area contributed by atoms with Crippen LogP contribution in [0.3, 0.4) is 0 Å². The van der Waals surface area contributed by atoms with E-state index in [9.17, 15) is 9.18 Å². The standard InChI is InChI=1S/C12H14FN3O/c1-2-16(7-3-6-14)12(17)10-8-9(13)4-5-11(10)15/h4-5,8H,2-3,7,15H2,1H3. The largest absolute Gasteiger partial charge is 0.398 e. The first-order chi connectivity index (χ1) is 8.10. The van der Waals surface area contributed by atoms with Crippen molar-refractivity contribution in [1.29, 1.82) is 5.26 Å². The zero-order chi connectivity index (χ0) is 12.8. The molecule has 0 saturated carbocycles. The SMILES string of the molecule is CCN(CCC#N)C(=O)c1cc(F)ccc1N. The first-order valence-corrected chi connectivity index (χ1v) is 5.31. The van der Waals surface area contributed by atoms with Gasteiger partial charge in [0.05, 0.1) is 18.1 Å². The van der Waals surface area contributed by atoms with Gasteiger partial charge in [-0.3, -0.25) is 4.79 Å². The molecule has 0 unspecified atom stereocenters. The number of nitrogen functional groups attached to an aromatic ring is 1. The lowest BCUT2D eigenvalue weighted by Crippen LogP contribution is -2.32. The lowest BCUT2D eigenvalue weighted by molar-refractivity contribution is 0.0768. The van der Waals surface area contributed by atoms with Crippen molar-refractivity contribution in [3.63, 3.8) is 0 Å². The number of benzene rings is 1. The van der Waals surface area contributed by atoms with Gasteiger partial charge < -0.3 is 10.6 Å². The number of amides is 1. The number of hydrogen-bond acceptors (Lipinski definition) is 3. The molecule has 1 aromatic rings. The summed E-state index contributed by atoms with van der Waals surface area (Å²) in [6.07, 6.45) is 0.245. The molecular weight excluding hydrogens is 221 g/mol. The Morgan fingerprint density at radius 3 is 2.88 bits per heavy atom. The second kappa shape index (κ2) is 5.85. The highest BCUT2D eigenvalue weighted by molar-refractivity contribution is 5.99. The molecule has 5 heteroatoms. The third-order valence-electron chi connectivity index (χ3n) is 2.41. The fraction of sp³-hybridized carbons (Fsp3) is 0.333. The fourth-order valence-corrected chi connectivity index (χ4v) is 1.47. The van der Waals surface area contributed by atoms with Gasteiger partial charge in [-0.05, 0) is 25.1 Å². The zero-order valence-electron chi connectivity index (χ0n) is 9.61. The average molecular weight is 235 g/mol. The van der Waals surface area contributed by atoms with Crippen LogP contribution in [0.15, 0.2) is 18.2 Å². The molecule has 90 valence electrons. The van der Waals surface area contributed by atoms with Gasteiger partial charge in [-0.1, -0.05) is 0 Å². The molecule has 0 radical (unpaired) electrons. The highest BCUT2D eigenvalue weighted by Crippen LogP contribution is 2.15. The minimum absolute atomic E-state index is 0.143. The van der Waals surface area contributed by atoms with Gasteiger partial charge in [-0.2, -0.15) is 5.26 Å². The predicted octanol–water partition coefficient (Wildman–Crippen LogP) is 1.78. The summed E-state index contributed by atoms with van der Waals surface area (Å²) in [7, 11) is 0. The van der Waals surface area contributed by atoms with Crippen LogP contribution in [0.2, 0.25) is 0 Å². The molecular formula is C12H14FN3O. The van der Waals surface area contributed by atoms with E-state index in [1.807, 2.05) is 6.07 Å². The lowest BCUT2D eigenvalue weighted by atomic mass is 10.1. The molecule has 2 N–H and O–H groups in total. The van der Waals surface area contributed by atoms with Crippen molar-refractivity contribution >= 4 is 11.6 Å². The van der Waals surface area contributed by atoms with Crippen LogP contribution in [0.5, 0.6) is 0 Å². The topological polar surface area (TPSA) is 70.1 Å². The van der Waals surface area contributed by atoms with Gasteiger partial charge in [0, 0.05) is 18.8 Å². The maximum absolute atomic E-state index is 13.0. The Hall–Kier alpha value is -2.09. The Morgan fingerprint density at radius 1 is 1.59 bits per heavy atom. The smallest absolute Gasteiger partial charge is 0.256 e. The first kappa shape index (κ1) is 13.0. The molecule has 4 nitrogen and oxygen atoms in total. The molecule has 0 aliphatic rings. The van der Waals surface area contributed by atoms with Crippen LogP contribution >= 0.6 is 0 Å². The van der Waals surface area contributed by atoms with Gasteiger partial charge in [-0.25, -0.2) is 4.39 Å². The van der Waals surface area contributed by atoms with E-state index in [0.717, 1.165) is 6.07 Å². The van der Waals surface area contributed by atoms with Crippen molar-refractivity contribution in [1.82, 2.24) is 4.90 Å². The quantitative estimate of drug-likeness (QED) is 0.809. The van der Waals surface area contributed by atoms with Crippen molar-refractivity contribution in [2.75, 3.05) is 18.8 Å². The summed E-state index contributed by atoms with van der Waals surface area (Å²) in [6, 6.07) is 5.65. The highest BCUT2D eigenvalue weighted by atomic mass is 19.1. The normalized spacial score (nSPS) is 9.71. The van der Waals surface area contributed by atoms with Gasteiger partial charge in [0.25, 0.3) is 5.91 Å². The summed E-state index contributed by atoms with van der Waals surface area (Å²) in [4.78, 5) is 13.5. The minimum Gasteiger partial charge on any atom is -0.398 e. The van der Waals surface area contributed by atoms with Crippen LogP contribution in [-0.2, 0) is 0 Å². The predicted molar refractivity (Wildman–Crippen MR) is 62.6 cm³/mol. The van der Waals surface area contributed by atoms with E-state index in [1.165, 1.54) is 17.0 Å². The van der Waals surface area contributed by atoms with Gasteiger partial charge >= 0.3 is 0 Å². The molecule has 0 bridgehead atoms. The Kier molecular flexibility index (Phi) is 4.46. The van der Waals surface area contributed by atoms with Gasteiger partial charge in [0.2, 0.25) is 0 Å². The number of anilines is 1. The molecule has 0 heterocycles. The van der Waals surface area contributed by atoms with E-state index >= 15 is 0 Å². The Labute approximate surface area is 99.4 Å². The molecule has 0 aromatic heterocycles. The number of nitriles is 1. The van der Waals surface area contributed by atoms with Gasteiger partial charge in [0.15, 0.2) is 0 Å². The van der Waals surface area contributed by atoms with Gasteiger partial charge in [-0.15, -0.1) is 0 Å². The number of hydrogen-bond donors (Lipinski definition) is 1. The summed E-state index contributed by atoms with van der Waals surface area (Å²) < 4.78 is 13.0. The first-order valence-electron chi connectivity index (χ1n) is 5.31. The Balaban J connectivity index is 2.94. The van der Waals surface area contributed by atoms with Crippen LogP contribution < -0.4 is 5.73 Å². The molecule has 1 amide bonds. The van der Waals surface area contributed by atoms with E-state index < -0.39 is 5.82 Å². The fourth-order valence-electron chi connectivity index (χ4n) is 1.47. The molecule has 0 atom stereocenters. The van der Waals surface area contributed by atoms with Crippen LogP contribution in [0.1, 0.15) is 23.7 Å². The second-order valence-electron chi connectivity index (χ2n) is 3.52. The molecule has 1 aromatic carbocycles. The van der Waals surface area contributed by atoms with Gasteiger partial charge in [0.1, 0.15) is 5.82 Å². The molecule has 0 aliphatic carbocycles. The van der Waals surface area contributed by atoms with E-state index in [1.54, 1.807) is 6.92 Å². The Bertz CT molecular complexity index is 454. The van der Waals surface area contributed by atoms with Crippen molar-refractivity contribution in [2.45, 2.75) is 13.3 Å².